The van der Waals surface area contributed by atoms with E-state index in [-0.39, 0.29) is 13.0 Å². The molecular formula is C22H18F3NO4S. The molecule has 1 saturated heterocycles. The molecule has 1 N–H and O–H groups in total. The number of fused-ring (bicyclic) bond motifs is 1. The largest absolute Gasteiger partial charge is 0.480 e. The lowest BCUT2D eigenvalue weighted by Gasteiger charge is -2.25. The fourth-order valence-corrected chi connectivity index (χ4v) is 6.02. The zero-order valence-electron chi connectivity index (χ0n) is 16.1. The van der Waals surface area contributed by atoms with Gasteiger partial charge in [0.25, 0.3) is 0 Å². The SMILES string of the molecule is O=C(O)C1CC(S(=O)(=O)c2ccccc2C(F)(F)F)CN1c1cccc2ccccc12. The van der Waals surface area contributed by atoms with Gasteiger partial charge in [-0.2, -0.15) is 13.2 Å². The van der Waals surface area contributed by atoms with E-state index in [9.17, 15) is 31.5 Å². The van der Waals surface area contributed by atoms with Crippen molar-refractivity contribution in [1.82, 2.24) is 0 Å². The number of benzene rings is 3. The maximum absolute atomic E-state index is 13.4. The molecule has 4 rings (SSSR count). The van der Waals surface area contributed by atoms with Gasteiger partial charge in [0.2, 0.25) is 0 Å². The molecule has 1 heterocycles. The number of aliphatic carboxylic acids is 1. The Bertz CT molecular complexity index is 1250. The van der Waals surface area contributed by atoms with Crippen LogP contribution in [0.25, 0.3) is 10.8 Å². The standard InChI is InChI=1S/C22H18F3NO4S/c23-22(24,25)17-9-3-4-11-20(17)31(29,30)15-12-19(21(27)28)26(13-15)18-10-5-7-14-6-1-2-8-16(14)18/h1-11,15,19H,12-13H2,(H,27,28). The van der Waals surface area contributed by atoms with Gasteiger partial charge in [-0.05, 0) is 30.0 Å². The molecule has 3 aromatic carbocycles. The lowest BCUT2D eigenvalue weighted by Crippen LogP contribution is -2.36. The van der Waals surface area contributed by atoms with E-state index in [0.717, 1.165) is 29.0 Å². The summed E-state index contributed by atoms with van der Waals surface area (Å²) < 4.78 is 66.6. The molecule has 0 spiro atoms. The van der Waals surface area contributed by atoms with Crippen molar-refractivity contribution in [1.29, 1.82) is 0 Å². The minimum absolute atomic E-state index is 0.223. The second kappa shape index (κ2) is 7.56. The molecule has 0 saturated carbocycles. The van der Waals surface area contributed by atoms with Crippen molar-refractivity contribution in [2.75, 3.05) is 11.4 Å². The van der Waals surface area contributed by atoms with Crippen LogP contribution in [0.5, 0.6) is 0 Å². The van der Waals surface area contributed by atoms with E-state index in [1.807, 2.05) is 18.2 Å². The Balaban J connectivity index is 1.78. The van der Waals surface area contributed by atoms with Crippen LogP contribution < -0.4 is 4.90 Å². The van der Waals surface area contributed by atoms with E-state index in [4.69, 9.17) is 0 Å². The minimum Gasteiger partial charge on any atom is -0.480 e. The Morgan fingerprint density at radius 3 is 2.32 bits per heavy atom. The molecule has 162 valence electrons. The molecular weight excluding hydrogens is 431 g/mol. The summed E-state index contributed by atoms with van der Waals surface area (Å²) in [7, 11) is -4.44. The van der Waals surface area contributed by atoms with Gasteiger partial charge in [-0.15, -0.1) is 0 Å². The highest BCUT2D eigenvalue weighted by molar-refractivity contribution is 7.92. The highest BCUT2D eigenvalue weighted by Crippen LogP contribution is 2.39. The van der Waals surface area contributed by atoms with Crippen LogP contribution in [0.1, 0.15) is 12.0 Å². The van der Waals surface area contributed by atoms with Crippen LogP contribution >= 0.6 is 0 Å². The Morgan fingerprint density at radius 2 is 1.61 bits per heavy atom. The molecule has 31 heavy (non-hydrogen) atoms. The van der Waals surface area contributed by atoms with E-state index in [1.54, 1.807) is 24.3 Å². The predicted molar refractivity (Wildman–Crippen MR) is 110 cm³/mol. The Kier molecular flexibility index (Phi) is 5.17. The average molecular weight is 449 g/mol. The maximum Gasteiger partial charge on any atom is 0.417 e. The summed E-state index contributed by atoms with van der Waals surface area (Å²) in [4.78, 5) is 12.6. The summed E-state index contributed by atoms with van der Waals surface area (Å²) >= 11 is 0. The molecule has 0 aromatic heterocycles. The molecule has 0 amide bonds. The van der Waals surface area contributed by atoms with E-state index in [1.165, 1.54) is 11.0 Å². The zero-order chi connectivity index (χ0) is 22.4. The van der Waals surface area contributed by atoms with Gasteiger partial charge in [-0.1, -0.05) is 48.5 Å². The lowest BCUT2D eigenvalue weighted by atomic mass is 10.1. The van der Waals surface area contributed by atoms with Gasteiger partial charge in [-0.3, -0.25) is 0 Å². The molecule has 2 atom stereocenters. The molecule has 1 aliphatic rings. The smallest absolute Gasteiger partial charge is 0.417 e. The quantitative estimate of drug-likeness (QED) is 0.641. The third-order valence-corrected chi connectivity index (χ3v) is 7.75. The molecule has 0 aliphatic carbocycles. The molecule has 9 heteroatoms. The normalized spacial score (nSPS) is 19.6. The van der Waals surface area contributed by atoms with Gasteiger partial charge in [-0.25, -0.2) is 13.2 Å². The van der Waals surface area contributed by atoms with Crippen LogP contribution in [0.3, 0.4) is 0 Å². The first-order valence-electron chi connectivity index (χ1n) is 9.48. The number of hydrogen-bond acceptors (Lipinski definition) is 4. The van der Waals surface area contributed by atoms with E-state index >= 15 is 0 Å². The second-order valence-electron chi connectivity index (χ2n) is 7.40. The number of halogens is 3. The van der Waals surface area contributed by atoms with Crippen LogP contribution in [-0.4, -0.2) is 37.3 Å². The fraction of sp³-hybridized carbons (Fsp3) is 0.227. The summed E-state index contributed by atoms with van der Waals surface area (Å²) in [6, 6.07) is 15.3. The van der Waals surface area contributed by atoms with Crippen LogP contribution in [0.15, 0.2) is 71.6 Å². The van der Waals surface area contributed by atoms with E-state index < -0.39 is 43.7 Å². The number of sulfone groups is 1. The fourth-order valence-electron chi connectivity index (χ4n) is 4.11. The number of rotatable bonds is 4. The molecule has 5 nitrogen and oxygen atoms in total. The van der Waals surface area contributed by atoms with Gasteiger partial charge in [0.05, 0.1) is 15.7 Å². The van der Waals surface area contributed by atoms with Crippen molar-refractivity contribution < 1.29 is 31.5 Å². The maximum atomic E-state index is 13.4. The number of anilines is 1. The molecule has 0 radical (unpaired) electrons. The van der Waals surface area contributed by atoms with Crippen molar-refractivity contribution in [3.8, 4) is 0 Å². The number of hydrogen-bond donors (Lipinski definition) is 1. The molecule has 3 aromatic rings. The Labute approximate surface area is 176 Å². The summed E-state index contributed by atoms with van der Waals surface area (Å²) in [6.07, 6.45) is -5.16. The first kappa shape index (κ1) is 21.2. The number of carboxylic acids is 1. The highest BCUT2D eigenvalue weighted by atomic mass is 32.2. The summed E-state index contributed by atoms with van der Waals surface area (Å²) in [5, 5.41) is 10.0. The molecule has 0 bridgehead atoms. The van der Waals surface area contributed by atoms with Crippen LogP contribution in [-0.2, 0) is 20.8 Å². The first-order chi connectivity index (χ1) is 14.6. The third kappa shape index (κ3) is 3.74. The number of carbonyl (C=O) groups is 1. The average Bonchev–Trinajstić information content (AvgIpc) is 3.19. The van der Waals surface area contributed by atoms with Crippen LogP contribution in [0.2, 0.25) is 0 Å². The van der Waals surface area contributed by atoms with Gasteiger partial charge >= 0.3 is 12.1 Å². The zero-order valence-corrected chi connectivity index (χ0v) is 16.9. The highest BCUT2D eigenvalue weighted by Gasteiger charge is 2.46. The van der Waals surface area contributed by atoms with Crippen LogP contribution in [0.4, 0.5) is 18.9 Å². The summed E-state index contributed by atoms with van der Waals surface area (Å²) in [5.41, 5.74) is -0.710. The van der Waals surface area contributed by atoms with Crippen molar-refractivity contribution in [2.45, 2.75) is 28.8 Å². The molecule has 1 fully saturated rings. The topological polar surface area (TPSA) is 74.7 Å². The van der Waals surface area contributed by atoms with Gasteiger partial charge in [0, 0.05) is 17.6 Å². The van der Waals surface area contributed by atoms with Gasteiger partial charge in [0.1, 0.15) is 6.04 Å². The lowest BCUT2D eigenvalue weighted by molar-refractivity contribution is -0.140. The number of carboxylic acid groups (broad SMARTS) is 1. The van der Waals surface area contributed by atoms with E-state index in [0.29, 0.717) is 5.69 Å². The number of alkyl halides is 3. The monoisotopic (exact) mass is 449 g/mol. The third-order valence-electron chi connectivity index (χ3n) is 5.56. The summed E-state index contributed by atoms with van der Waals surface area (Å²) in [6.45, 7) is -0.223. The van der Waals surface area contributed by atoms with Crippen molar-refractivity contribution in [3.63, 3.8) is 0 Å². The first-order valence-corrected chi connectivity index (χ1v) is 11.0. The number of nitrogens with zero attached hydrogens (tertiary/aromatic N) is 1. The van der Waals surface area contributed by atoms with E-state index in [2.05, 4.69) is 0 Å². The minimum atomic E-state index is -4.84. The second-order valence-corrected chi connectivity index (χ2v) is 9.60. The molecule has 1 aliphatic heterocycles. The molecule has 2 unspecified atom stereocenters. The van der Waals surface area contributed by atoms with Crippen LogP contribution in [0, 0.1) is 0 Å². The predicted octanol–water partition coefficient (Wildman–Crippen LogP) is 4.36. The Morgan fingerprint density at radius 1 is 0.968 bits per heavy atom. The van der Waals surface area contributed by atoms with Gasteiger partial charge in [0.15, 0.2) is 9.84 Å². The van der Waals surface area contributed by atoms with Crippen molar-refractivity contribution in [3.05, 3.63) is 72.3 Å². The van der Waals surface area contributed by atoms with Gasteiger partial charge < -0.3 is 10.0 Å². The van der Waals surface area contributed by atoms with Crippen molar-refractivity contribution >= 4 is 32.3 Å². The summed E-state index contributed by atoms with van der Waals surface area (Å²) in [5.74, 6) is -1.23. The van der Waals surface area contributed by atoms with Crippen molar-refractivity contribution in [2.24, 2.45) is 0 Å². The Hall–Kier alpha value is -3.07.